The number of aromatic nitrogens is 3. The van der Waals surface area contributed by atoms with Crippen LogP contribution in [0.4, 0.5) is 18.9 Å². The normalized spacial score (nSPS) is 13.1. The molecule has 0 aliphatic carbocycles. The maximum atomic E-state index is 13.2. The van der Waals surface area contributed by atoms with E-state index < -0.39 is 17.8 Å². The number of benzene rings is 2. The third-order valence-electron chi connectivity index (χ3n) is 4.67. The van der Waals surface area contributed by atoms with Crippen molar-refractivity contribution in [1.82, 2.24) is 14.8 Å². The molecule has 34 heavy (non-hydrogen) atoms. The van der Waals surface area contributed by atoms with E-state index in [1.165, 1.54) is 10.7 Å². The fourth-order valence-corrected chi connectivity index (χ4v) is 3.05. The molecular formula is C24H29F3N4O3. The number of anilines is 1. The zero-order valence-corrected chi connectivity index (χ0v) is 19.6. The summed E-state index contributed by atoms with van der Waals surface area (Å²) in [5.41, 5.74) is 0.499. The van der Waals surface area contributed by atoms with Crippen molar-refractivity contribution in [1.29, 1.82) is 0 Å². The van der Waals surface area contributed by atoms with Crippen LogP contribution in [-0.2, 0) is 10.9 Å². The van der Waals surface area contributed by atoms with Crippen molar-refractivity contribution in [2.75, 3.05) is 25.1 Å². The Hall–Kier alpha value is -3.11. The lowest BCUT2D eigenvalue weighted by Gasteiger charge is -2.22. The number of rotatable bonds is 9. The Morgan fingerprint density at radius 1 is 1.09 bits per heavy atom. The molecule has 10 heteroatoms. The second kappa shape index (κ2) is 10.4. The number of nitrogens with zero attached hydrogens (tertiary/aromatic N) is 3. The van der Waals surface area contributed by atoms with Crippen molar-refractivity contribution in [3.8, 4) is 23.1 Å². The van der Waals surface area contributed by atoms with Crippen molar-refractivity contribution in [3.63, 3.8) is 0 Å². The van der Waals surface area contributed by atoms with Gasteiger partial charge in [0.25, 0.3) is 0 Å². The molecule has 0 unspecified atom stereocenters. The monoisotopic (exact) mass is 478 g/mol. The molecule has 0 saturated carbocycles. The lowest BCUT2D eigenvalue weighted by molar-refractivity contribution is -0.137. The van der Waals surface area contributed by atoms with E-state index in [1.807, 2.05) is 20.8 Å². The Bertz CT molecular complexity index is 1080. The van der Waals surface area contributed by atoms with Gasteiger partial charge in [0.15, 0.2) is 5.82 Å². The molecule has 7 nitrogen and oxygen atoms in total. The summed E-state index contributed by atoms with van der Waals surface area (Å²) in [7, 11) is 0. The van der Waals surface area contributed by atoms with Crippen LogP contribution in [0, 0.1) is 0 Å². The highest BCUT2D eigenvalue weighted by atomic mass is 19.4. The number of hydrogen-bond acceptors (Lipinski definition) is 6. The average molecular weight is 479 g/mol. The molecule has 3 aromatic rings. The molecule has 1 aromatic heterocycles. The van der Waals surface area contributed by atoms with Crippen LogP contribution in [0.2, 0.25) is 0 Å². The van der Waals surface area contributed by atoms with E-state index in [9.17, 15) is 18.3 Å². The molecule has 0 bridgehead atoms. The van der Waals surface area contributed by atoms with E-state index in [0.717, 1.165) is 17.8 Å². The minimum atomic E-state index is -4.47. The summed E-state index contributed by atoms with van der Waals surface area (Å²) in [6.45, 7) is 8.33. The zero-order valence-electron chi connectivity index (χ0n) is 19.6. The first-order valence-electron chi connectivity index (χ1n) is 10.9. The summed E-state index contributed by atoms with van der Waals surface area (Å²) in [4.78, 5) is 4.29. The van der Waals surface area contributed by atoms with Gasteiger partial charge in [0.05, 0.1) is 36.2 Å². The number of nitrogens with one attached hydrogen (secondary N) is 1. The number of aliphatic hydroxyl groups is 1. The highest BCUT2D eigenvalue weighted by Crippen LogP contribution is 2.33. The summed E-state index contributed by atoms with van der Waals surface area (Å²) in [6, 6.07) is 12.1. The maximum Gasteiger partial charge on any atom is 0.416 e. The van der Waals surface area contributed by atoms with Crippen molar-refractivity contribution < 1.29 is 27.8 Å². The fraction of sp³-hybridized carbons (Fsp3) is 0.417. The molecule has 0 saturated heterocycles. The average Bonchev–Trinajstić information content (AvgIpc) is 3.20. The minimum absolute atomic E-state index is 0.0686. The number of aliphatic hydroxyl groups excluding tert-OH is 1. The molecule has 0 aliphatic rings. The fourth-order valence-electron chi connectivity index (χ4n) is 3.05. The topological polar surface area (TPSA) is 81.4 Å². The number of hydrogen-bond donors (Lipinski definition) is 2. The predicted molar refractivity (Wildman–Crippen MR) is 123 cm³/mol. The summed E-state index contributed by atoms with van der Waals surface area (Å²) in [5, 5.41) is 17.5. The standard InChI is InChI=1S/C24H29F3N4O3/c1-5-33-22-29-21(16-7-6-8-17(13-16)24(25,26)27)31(30-22)19-11-9-18(10-12-19)28-14-20(32)15-34-23(2,3)4/h6-13,20,28,32H,5,14-15H2,1-4H3/t20-/m0/s1. The van der Waals surface area contributed by atoms with Crippen molar-refractivity contribution in [2.24, 2.45) is 0 Å². The van der Waals surface area contributed by atoms with Crippen LogP contribution in [0.3, 0.4) is 0 Å². The van der Waals surface area contributed by atoms with Gasteiger partial charge in [0.1, 0.15) is 0 Å². The first kappa shape index (κ1) is 25.5. The molecule has 0 fully saturated rings. The number of ether oxygens (including phenoxy) is 2. The van der Waals surface area contributed by atoms with E-state index in [0.29, 0.717) is 18.8 Å². The second-order valence-electron chi connectivity index (χ2n) is 8.65. The van der Waals surface area contributed by atoms with E-state index in [2.05, 4.69) is 15.4 Å². The number of halogens is 3. The van der Waals surface area contributed by atoms with E-state index >= 15 is 0 Å². The molecule has 184 valence electrons. The number of alkyl halides is 3. The van der Waals surface area contributed by atoms with Gasteiger partial charge in [-0.05, 0) is 64.1 Å². The van der Waals surface area contributed by atoms with Gasteiger partial charge in [-0.2, -0.15) is 18.2 Å². The molecule has 0 amide bonds. The summed E-state index contributed by atoms with van der Waals surface area (Å²) in [5.74, 6) is 0.227. The molecule has 2 aromatic carbocycles. The minimum Gasteiger partial charge on any atom is -0.463 e. The maximum absolute atomic E-state index is 13.2. The molecular weight excluding hydrogens is 449 g/mol. The Morgan fingerprint density at radius 3 is 2.41 bits per heavy atom. The molecule has 0 spiro atoms. The van der Waals surface area contributed by atoms with Gasteiger partial charge >= 0.3 is 12.2 Å². The van der Waals surface area contributed by atoms with E-state index in [-0.39, 0.29) is 29.6 Å². The van der Waals surface area contributed by atoms with Gasteiger partial charge in [0.2, 0.25) is 0 Å². The smallest absolute Gasteiger partial charge is 0.416 e. The molecule has 3 rings (SSSR count). The van der Waals surface area contributed by atoms with Crippen LogP contribution in [-0.4, -0.2) is 51.3 Å². The van der Waals surface area contributed by atoms with Gasteiger partial charge in [-0.3, -0.25) is 0 Å². The lowest BCUT2D eigenvalue weighted by Crippen LogP contribution is -2.30. The van der Waals surface area contributed by atoms with Crippen LogP contribution >= 0.6 is 0 Å². The molecule has 1 heterocycles. The third-order valence-corrected chi connectivity index (χ3v) is 4.67. The first-order chi connectivity index (χ1) is 16.0. The Kier molecular flexibility index (Phi) is 7.83. The first-order valence-corrected chi connectivity index (χ1v) is 10.9. The lowest BCUT2D eigenvalue weighted by atomic mass is 10.1. The highest BCUT2D eigenvalue weighted by molar-refractivity contribution is 5.60. The molecule has 0 radical (unpaired) electrons. The highest BCUT2D eigenvalue weighted by Gasteiger charge is 2.31. The SMILES string of the molecule is CCOc1nc(-c2cccc(C(F)(F)F)c2)n(-c2ccc(NC[C@H](O)COC(C)(C)C)cc2)n1. The largest absolute Gasteiger partial charge is 0.463 e. The van der Waals surface area contributed by atoms with Gasteiger partial charge < -0.3 is 19.9 Å². The Morgan fingerprint density at radius 2 is 1.79 bits per heavy atom. The van der Waals surface area contributed by atoms with Gasteiger partial charge in [0, 0.05) is 17.8 Å². The third kappa shape index (κ3) is 6.94. The van der Waals surface area contributed by atoms with Crippen LogP contribution in [0.1, 0.15) is 33.3 Å². The summed E-state index contributed by atoms with van der Waals surface area (Å²) < 4.78 is 52.0. The van der Waals surface area contributed by atoms with Gasteiger partial charge in [-0.25, -0.2) is 4.68 Å². The predicted octanol–water partition coefficient (Wildman–Crippen LogP) is 4.94. The Labute approximate surface area is 196 Å². The van der Waals surface area contributed by atoms with Crippen molar-refractivity contribution >= 4 is 5.69 Å². The van der Waals surface area contributed by atoms with Gasteiger partial charge in [-0.1, -0.05) is 12.1 Å². The quantitative estimate of drug-likeness (QED) is 0.454. The van der Waals surface area contributed by atoms with Crippen molar-refractivity contribution in [2.45, 2.75) is 45.6 Å². The Balaban J connectivity index is 1.80. The molecule has 1 atom stereocenters. The van der Waals surface area contributed by atoms with Gasteiger partial charge in [-0.15, -0.1) is 5.10 Å². The molecule has 2 N–H and O–H groups in total. The van der Waals surface area contributed by atoms with E-state index in [4.69, 9.17) is 9.47 Å². The van der Waals surface area contributed by atoms with Crippen LogP contribution in [0.5, 0.6) is 6.01 Å². The molecule has 0 aliphatic heterocycles. The van der Waals surface area contributed by atoms with Crippen LogP contribution in [0.25, 0.3) is 17.1 Å². The summed E-state index contributed by atoms with van der Waals surface area (Å²) in [6.07, 6.45) is -5.16. The second-order valence-corrected chi connectivity index (χ2v) is 8.65. The zero-order chi connectivity index (χ0) is 24.9. The van der Waals surface area contributed by atoms with Crippen LogP contribution in [0.15, 0.2) is 48.5 Å². The van der Waals surface area contributed by atoms with Crippen molar-refractivity contribution in [3.05, 3.63) is 54.1 Å². The summed E-state index contributed by atoms with van der Waals surface area (Å²) >= 11 is 0. The van der Waals surface area contributed by atoms with E-state index in [1.54, 1.807) is 37.3 Å². The van der Waals surface area contributed by atoms with Crippen LogP contribution < -0.4 is 10.1 Å².